The molecule has 3 nitrogen and oxygen atoms in total. The molecule has 0 N–H and O–H groups in total. The lowest BCUT2D eigenvalue weighted by Crippen LogP contribution is -2.38. The first-order valence-electron chi connectivity index (χ1n) is 29.7. The van der Waals surface area contributed by atoms with Gasteiger partial charge in [-0.1, -0.05) is 260 Å². The highest BCUT2D eigenvalue weighted by Gasteiger charge is 2.58. The van der Waals surface area contributed by atoms with Crippen molar-refractivity contribution in [3.63, 3.8) is 0 Å². The lowest BCUT2D eigenvalue weighted by atomic mass is 9.64. The number of nitrogens with zero attached hydrogens (tertiary/aromatic N) is 3. The molecule has 0 saturated heterocycles. The second-order valence-electron chi connectivity index (χ2n) is 27.1. The first-order chi connectivity index (χ1) is 39.8. The van der Waals surface area contributed by atoms with E-state index in [1.165, 1.54) is 128 Å². The molecule has 4 aliphatic rings. The molecule has 0 radical (unpaired) electrons. The van der Waals surface area contributed by atoms with Crippen LogP contribution < -0.4 is 0 Å². The maximum Gasteiger partial charge on any atom is 0.490 e. The maximum absolute atomic E-state index is 5.57. The molecule has 2 heterocycles. The highest BCUT2D eigenvalue weighted by Crippen LogP contribution is 2.62. The highest BCUT2D eigenvalue weighted by molar-refractivity contribution is 5.90. The van der Waals surface area contributed by atoms with Crippen LogP contribution in [-0.2, 0) is 32.6 Å². The first kappa shape index (κ1) is 52.3. The Hall–Kier alpha value is -8.75. The molecule has 1 aromatic heterocycles. The van der Waals surface area contributed by atoms with Gasteiger partial charge in [-0.15, -0.1) is 0 Å². The molecule has 0 bridgehead atoms. The third-order valence-electron chi connectivity index (χ3n) is 19.1. The molecule has 3 atom stereocenters. The standard InChI is InChI=1S/C80H73N3/c1-51-22-19-23-52(2)74(51)53-40-41-81-73(44-53)79(68-32-17-14-29-62(68)65-48-55(76(6,7)8)35-38-70(65)79)59-26-20-24-57(45-59)78(67-31-16-13-28-61(67)64-47-54(75(3,4)5)34-37-69(64)78)58-25-21-27-60(46-58)80(83-43-42-82(12)50-83)71-33-18-15-30-63(71)66-49-56(77(9,10)11)36-39-72(66)80/h13-49H,1-12H3/q+2. The molecule has 83 heavy (non-hydrogen) atoms. The van der Waals surface area contributed by atoms with Crippen molar-refractivity contribution in [3.8, 4) is 44.5 Å². The summed E-state index contributed by atoms with van der Waals surface area (Å²) in [5.41, 5.74) is 27.3. The van der Waals surface area contributed by atoms with Crippen LogP contribution in [0.15, 0.2) is 225 Å². The second-order valence-corrected chi connectivity index (χ2v) is 27.1. The van der Waals surface area contributed by atoms with Crippen LogP contribution in [0.5, 0.6) is 0 Å². The molecule has 14 rings (SSSR count). The monoisotopic (exact) mass is 1080 g/mol. The predicted octanol–water partition coefficient (Wildman–Crippen LogP) is 18.6. The number of pyridine rings is 1. The van der Waals surface area contributed by atoms with Crippen LogP contribution in [0.25, 0.3) is 44.5 Å². The molecule has 0 spiro atoms. The van der Waals surface area contributed by atoms with E-state index >= 15 is 0 Å². The van der Waals surface area contributed by atoms with Gasteiger partial charge in [0.25, 0.3) is 5.54 Å². The van der Waals surface area contributed by atoms with Gasteiger partial charge >= 0.3 is 6.01 Å². The van der Waals surface area contributed by atoms with Crippen molar-refractivity contribution in [3.05, 3.63) is 314 Å². The van der Waals surface area contributed by atoms with Crippen molar-refractivity contribution in [2.24, 2.45) is 0 Å². The fraction of sp³-hybridized carbons (Fsp3) is 0.225. The SMILES string of the molecule is Cc1cccc(C)c1-c1ccnc(C2(c3cccc(C4(c5cccc(C6([N+]7=C=[N+](C)C=C7)c7ccccc7-c7cc(C(C)(C)C)ccc76)c5)c5ccccc5-c5cc(C(C)(C)C)ccc54)c3)c3ccccc3-c3cc(C(C)(C)C)ccc32)c1. The molecule has 10 aromatic rings. The normalized spacial score (nSPS) is 19.1. The number of aryl methyl sites for hydroxylation is 2. The summed E-state index contributed by atoms with van der Waals surface area (Å²) in [4.78, 5) is 5.57. The van der Waals surface area contributed by atoms with Crippen LogP contribution >= 0.6 is 0 Å². The maximum atomic E-state index is 5.57. The summed E-state index contributed by atoms with van der Waals surface area (Å²) in [6, 6.07) is 83.8. The molecule has 3 heteroatoms. The third-order valence-corrected chi connectivity index (χ3v) is 19.1. The molecule has 3 aliphatic carbocycles. The van der Waals surface area contributed by atoms with E-state index in [1.807, 2.05) is 0 Å². The summed E-state index contributed by atoms with van der Waals surface area (Å²) in [5.74, 6) is 0. The molecular formula is C80H73N3+2. The predicted molar refractivity (Wildman–Crippen MR) is 342 cm³/mol. The largest absolute Gasteiger partial charge is 0.490 e. The van der Waals surface area contributed by atoms with E-state index in [4.69, 9.17) is 4.98 Å². The van der Waals surface area contributed by atoms with Gasteiger partial charge in [-0.05, 0) is 160 Å². The van der Waals surface area contributed by atoms with Gasteiger partial charge in [0, 0.05) is 22.9 Å². The molecular weight excluding hydrogens is 1000 g/mol. The highest BCUT2D eigenvalue weighted by atomic mass is 15.2. The quantitative estimate of drug-likeness (QED) is 0.146. The fourth-order valence-electron chi connectivity index (χ4n) is 15.1. The van der Waals surface area contributed by atoms with E-state index in [-0.39, 0.29) is 16.2 Å². The van der Waals surface area contributed by atoms with Crippen molar-refractivity contribution in [1.82, 2.24) is 4.98 Å². The van der Waals surface area contributed by atoms with Crippen molar-refractivity contribution in [1.29, 1.82) is 0 Å². The van der Waals surface area contributed by atoms with Crippen LogP contribution in [0, 0.1) is 13.8 Å². The minimum atomic E-state index is -0.794. The number of aromatic nitrogens is 1. The minimum absolute atomic E-state index is 0.0341. The Morgan fingerprint density at radius 1 is 0.373 bits per heavy atom. The van der Waals surface area contributed by atoms with Gasteiger partial charge in [0.15, 0.2) is 7.05 Å². The van der Waals surface area contributed by atoms with Gasteiger partial charge in [-0.25, -0.2) is 0 Å². The van der Waals surface area contributed by atoms with Crippen molar-refractivity contribution < 1.29 is 9.15 Å². The zero-order chi connectivity index (χ0) is 57.6. The van der Waals surface area contributed by atoms with Gasteiger partial charge < -0.3 is 0 Å². The zero-order valence-corrected chi connectivity index (χ0v) is 50.2. The Labute approximate surface area is 491 Å². The lowest BCUT2D eigenvalue weighted by molar-refractivity contribution is -0.533. The van der Waals surface area contributed by atoms with E-state index in [2.05, 4.69) is 323 Å². The van der Waals surface area contributed by atoms with Crippen LogP contribution in [0.1, 0.15) is 151 Å². The smallest absolute Gasteiger partial charge is 0.260 e. The summed E-state index contributed by atoms with van der Waals surface area (Å²) >= 11 is 0. The summed E-state index contributed by atoms with van der Waals surface area (Å²) in [7, 11) is 2.08. The summed E-state index contributed by atoms with van der Waals surface area (Å²) in [6.45, 7) is 25.4. The van der Waals surface area contributed by atoms with Gasteiger partial charge in [-0.3, -0.25) is 4.98 Å². The summed E-state index contributed by atoms with van der Waals surface area (Å²) in [6.07, 6.45) is 6.40. The van der Waals surface area contributed by atoms with Crippen LogP contribution in [-0.4, -0.2) is 27.2 Å². The molecule has 0 amide bonds. The van der Waals surface area contributed by atoms with E-state index in [1.54, 1.807) is 0 Å². The van der Waals surface area contributed by atoms with E-state index in [0.717, 1.165) is 5.69 Å². The Kier molecular flexibility index (Phi) is 11.6. The number of hydrogen-bond donors (Lipinski definition) is 0. The topological polar surface area (TPSA) is 18.9 Å². The van der Waals surface area contributed by atoms with Gasteiger partial charge in [0.1, 0.15) is 0 Å². The fourth-order valence-corrected chi connectivity index (χ4v) is 15.1. The Morgan fingerprint density at radius 2 is 0.783 bits per heavy atom. The van der Waals surface area contributed by atoms with E-state index in [9.17, 15) is 0 Å². The number of benzene rings is 9. The van der Waals surface area contributed by atoms with E-state index < -0.39 is 16.4 Å². The number of rotatable bonds is 7. The summed E-state index contributed by atoms with van der Waals surface area (Å²) < 4.78 is 4.40. The first-order valence-corrected chi connectivity index (χ1v) is 29.7. The molecule has 1 aliphatic heterocycles. The van der Waals surface area contributed by atoms with Crippen molar-refractivity contribution in [2.45, 2.75) is 109 Å². The molecule has 0 fully saturated rings. The van der Waals surface area contributed by atoms with Crippen molar-refractivity contribution >= 4 is 6.01 Å². The summed E-state index contributed by atoms with van der Waals surface area (Å²) in [5, 5.41) is 0. The van der Waals surface area contributed by atoms with Crippen LogP contribution in [0.4, 0.5) is 0 Å². The van der Waals surface area contributed by atoms with Gasteiger partial charge in [0.2, 0.25) is 12.4 Å². The van der Waals surface area contributed by atoms with Gasteiger partial charge in [0.05, 0.1) is 16.5 Å². The van der Waals surface area contributed by atoms with Gasteiger partial charge in [-0.2, -0.15) is 0 Å². The molecule has 3 unspecified atom stereocenters. The lowest BCUT2D eigenvalue weighted by Gasteiger charge is -2.38. The Bertz CT molecular complexity index is 4460. The van der Waals surface area contributed by atoms with Crippen LogP contribution in [0.2, 0.25) is 0 Å². The number of hydrogen-bond acceptors (Lipinski definition) is 1. The second kappa shape index (κ2) is 18.4. The minimum Gasteiger partial charge on any atom is -0.260 e. The zero-order valence-electron chi connectivity index (χ0n) is 50.2. The van der Waals surface area contributed by atoms with Crippen LogP contribution in [0.3, 0.4) is 0 Å². The van der Waals surface area contributed by atoms with Crippen molar-refractivity contribution in [2.75, 3.05) is 7.05 Å². The van der Waals surface area contributed by atoms with E-state index in [0.29, 0.717) is 0 Å². The molecule has 406 valence electrons. The third kappa shape index (κ3) is 7.53. The molecule has 9 aromatic carbocycles. The average molecular weight is 1080 g/mol. The average Bonchev–Trinajstić information content (AvgIpc) is 1.65. The Balaban J connectivity index is 1.10. The Morgan fingerprint density at radius 3 is 1.31 bits per heavy atom. The molecule has 0 saturated carbocycles. The number of fused-ring (bicyclic) bond motifs is 9.